The molecule has 0 radical (unpaired) electrons. The van der Waals surface area contributed by atoms with E-state index in [1.807, 2.05) is 0 Å². The van der Waals surface area contributed by atoms with Crippen molar-refractivity contribution in [3.63, 3.8) is 0 Å². The summed E-state index contributed by atoms with van der Waals surface area (Å²) in [6.07, 6.45) is 19.9. The minimum absolute atomic E-state index is 0.172. The van der Waals surface area contributed by atoms with Crippen molar-refractivity contribution in [2.24, 2.45) is 5.73 Å². The van der Waals surface area contributed by atoms with Crippen LogP contribution in [0.2, 0.25) is 0 Å². The number of hydrogen-bond acceptors (Lipinski definition) is 4. The smallest absolute Gasteiger partial charge is 0.404 e. The second-order valence-corrected chi connectivity index (χ2v) is 8.96. The summed E-state index contributed by atoms with van der Waals surface area (Å²) >= 11 is 0. The summed E-state index contributed by atoms with van der Waals surface area (Å²) in [6, 6.07) is 0. The van der Waals surface area contributed by atoms with Crippen molar-refractivity contribution in [2.75, 3.05) is 13.2 Å². The topological polar surface area (TPSA) is 81.8 Å². The van der Waals surface area contributed by atoms with Crippen LogP contribution in [0.25, 0.3) is 0 Å². The molecule has 0 aromatic carbocycles. The van der Waals surface area contributed by atoms with Gasteiger partial charge in [0.15, 0.2) is 6.10 Å². The molecular weight excluding hydrogens is 366 g/mol. The predicted octanol–water partition coefficient (Wildman–Crippen LogP) is 6.50. The monoisotopic (exact) mass is 415 g/mol. The van der Waals surface area contributed by atoms with Gasteiger partial charge in [-0.25, -0.2) is 4.79 Å². The van der Waals surface area contributed by atoms with Crippen LogP contribution in [-0.2, 0) is 9.47 Å². The zero-order chi connectivity index (χ0) is 21.8. The van der Waals surface area contributed by atoms with Crippen molar-refractivity contribution in [1.82, 2.24) is 0 Å². The molecule has 0 aromatic rings. The Hall–Kier alpha value is -0.810. The minimum Gasteiger partial charge on any atom is -0.441 e. The molecule has 0 fully saturated rings. The van der Waals surface area contributed by atoms with Gasteiger partial charge in [-0.3, -0.25) is 0 Å². The van der Waals surface area contributed by atoms with Crippen molar-refractivity contribution >= 4 is 6.09 Å². The summed E-state index contributed by atoms with van der Waals surface area (Å²) in [5, 5.41) is 9.96. The van der Waals surface area contributed by atoms with Gasteiger partial charge in [0.25, 0.3) is 0 Å². The van der Waals surface area contributed by atoms with Crippen LogP contribution in [0.1, 0.15) is 124 Å². The van der Waals surface area contributed by atoms with E-state index in [1.54, 1.807) is 13.8 Å². The summed E-state index contributed by atoms with van der Waals surface area (Å²) < 4.78 is 10.5. The van der Waals surface area contributed by atoms with Crippen LogP contribution in [0.4, 0.5) is 4.79 Å². The van der Waals surface area contributed by atoms with E-state index in [0.717, 1.165) is 12.8 Å². The van der Waals surface area contributed by atoms with E-state index in [0.29, 0.717) is 6.61 Å². The highest BCUT2D eigenvalue weighted by atomic mass is 16.6. The maximum absolute atomic E-state index is 10.9. The van der Waals surface area contributed by atoms with Crippen LogP contribution < -0.4 is 5.73 Å². The number of unbranched alkanes of at least 4 members (excludes halogenated alkanes) is 15. The fourth-order valence-electron chi connectivity index (χ4n) is 3.46. The first-order valence-electron chi connectivity index (χ1n) is 12.1. The van der Waals surface area contributed by atoms with Crippen molar-refractivity contribution in [3.8, 4) is 0 Å². The Kier molecular flexibility index (Phi) is 18.6. The molecule has 5 nitrogen and oxygen atoms in total. The highest BCUT2D eigenvalue weighted by Crippen LogP contribution is 2.15. The van der Waals surface area contributed by atoms with Crippen molar-refractivity contribution < 1.29 is 19.4 Å². The normalized spacial score (nSPS) is 12.8. The summed E-state index contributed by atoms with van der Waals surface area (Å²) in [5.74, 6) is 0. The molecule has 0 aliphatic carbocycles. The van der Waals surface area contributed by atoms with Gasteiger partial charge in [-0.15, -0.1) is 0 Å². The molecule has 0 aliphatic rings. The summed E-state index contributed by atoms with van der Waals surface area (Å²) in [5.41, 5.74) is 3.87. The van der Waals surface area contributed by atoms with Gasteiger partial charge in [0.05, 0.1) is 12.2 Å². The lowest BCUT2D eigenvalue weighted by Crippen LogP contribution is -2.44. The van der Waals surface area contributed by atoms with Gasteiger partial charge in [-0.1, -0.05) is 103 Å². The molecule has 1 unspecified atom stereocenters. The lowest BCUT2D eigenvalue weighted by atomic mass is 10.0. The van der Waals surface area contributed by atoms with Gasteiger partial charge >= 0.3 is 6.09 Å². The molecule has 5 heteroatoms. The molecular formula is C24H49NO4. The van der Waals surface area contributed by atoms with Gasteiger partial charge in [0.2, 0.25) is 0 Å². The standard InChI is InChI=1S/C24H49NO4/c1-4-5-6-7-8-9-10-11-12-13-14-15-16-17-18-19-20-28-21-22(24(2,3)27)29-23(25)26/h22,27H,4-21H2,1-3H3,(H2,25,26). The number of rotatable bonds is 21. The van der Waals surface area contributed by atoms with Crippen LogP contribution in [0.15, 0.2) is 0 Å². The molecule has 3 N–H and O–H groups in total. The molecule has 0 saturated heterocycles. The van der Waals surface area contributed by atoms with Crippen LogP contribution in [0.5, 0.6) is 0 Å². The molecule has 0 spiro atoms. The average molecular weight is 416 g/mol. The number of amides is 1. The van der Waals surface area contributed by atoms with Crippen molar-refractivity contribution in [2.45, 2.75) is 135 Å². The Morgan fingerprint density at radius 1 is 0.793 bits per heavy atom. The van der Waals surface area contributed by atoms with E-state index < -0.39 is 17.8 Å². The third kappa shape index (κ3) is 20.2. The number of ether oxygens (including phenoxy) is 2. The highest BCUT2D eigenvalue weighted by molar-refractivity contribution is 5.64. The third-order valence-electron chi connectivity index (χ3n) is 5.46. The zero-order valence-corrected chi connectivity index (χ0v) is 19.6. The van der Waals surface area contributed by atoms with E-state index in [2.05, 4.69) is 6.92 Å². The average Bonchev–Trinajstić information content (AvgIpc) is 2.65. The maximum atomic E-state index is 10.9. The first-order chi connectivity index (χ1) is 13.9. The van der Waals surface area contributed by atoms with Crippen molar-refractivity contribution in [3.05, 3.63) is 0 Å². The molecule has 0 rings (SSSR count). The second kappa shape index (κ2) is 19.2. The molecule has 0 aliphatic heterocycles. The van der Waals surface area contributed by atoms with Gasteiger partial charge in [0.1, 0.15) is 0 Å². The molecule has 1 amide bonds. The number of hydrogen-bond donors (Lipinski definition) is 2. The Labute approximate surface area is 180 Å². The van der Waals surface area contributed by atoms with Crippen LogP contribution in [0, 0.1) is 0 Å². The molecule has 29 heavy (non-hydrogen) atoms. The van der Waals surface area contributed by atoms with Crippen LogP contribution in [-0.4, -0.2) is 36.1 Å². The number of carbonyl (C=O) groups is 1. The second-order valence-electron chi connectivity index (χ2n) is 8.96. The number of primary amides is 1. The van der Waals surface area contributed by atoms with E-state index in [-0.39, 0.29) is 6.61 Å². The van der Waals surface area contributed by atoms with E-state index >= 15 is 0 Å². The quantitative estimate of drug-likeness (QED) is 0.210. The van der Waals surface area contributed by atoms with E-state index in [1.165, 1.54) is 89.9 Å². The molecule has 0 bridgehead atoms. The lowest BCUT2D eigenvalue weighted by Gasteiger charge is -2.28. The fourth-order valence-corrected chi connectivity index (χ4v) is 3.46. The van der Waals surface area contributed by atoms with Crippen molar-refractivity contribution in [1.29, 1.82) is 0 Å². The number of carbonyl (C=O) groups excluding carboxylic acids is 1. The molecule has 1 atom stereocenters. The predicted molar refractivity (Wildman–Crippen MR) is 121 cm³/mol. The Morgan fingerprint density at radius 3 is 1.52 bits per heavy atom. The largest absolute Gasteiger partial charge is 0.441 e. The van der Waals surface area contributed by atoms with Gasteiger partial charge < -0.3 is 20.3 Å². The maximum Gasteiger partial charge on any atom is 0.404 e. The molecule has 0 saturated carbocycles. The van der Waals surface area contributed by atoms with E-state index in [9.17, 15) is 9.90 Å². The van der Waals surface area contributed by atoms with Gasteiger partial charge in [-0.05, 0) is 20.3 Å². The van der Waals surface area contributed by atoms with Gasteiger partial charge in [-0.2, -0.15) is 0 Å². The third-order valence-corrected chi connectivity index (χ3v) is 5.46. The Balaban J connectivity index is 3.32. The summed E-state index contributed by atoms with van der Waals surface area (Å²) in [4.78, 5) is 10.9. The highest BCUT2D eigenvalue weighted by Gasteiger charge is 2.30. The van der Waals surface area contributed by atoms with E-state index in [4.69, 9.17) is 15.2 Å². The first-order valence-corrected chi connectivity index (χ1v) is 12.1. The summed E-state index contributed by atoms with van der Waals surface area (Å²) in [6.45, 7) is 6.23. The number of nitrogens with two attached hydrogens (primary N) is 1. The van der Waals surface area contributed by atoms with Crippen LogP contribution in [0.3, 0.4) is 0 Å². The summed E-state index contributed by atoms with van der Waals surface area (Å²) in [7, 11) is 0. The lowest BCUT2D eigenvalue weighted by molar-refractivity contribution is -0.0887. The fraction of sp³-hybridized carbons (Fsp3) is 0.958. The zero-order valence-electron chi connectivity index (χ0n) is 19.6. The Morgan fingerprint density at radius 2 is 1.17 bits per heavy atom. The molecule has 0 heterocycles. The SMILES string of the molecule is CCCCCCCCCCCCCCCCCCOCC(OC(N)=O)C(C)(C)O. The minimum atomic E-state index is -1.16. The molecule has 174 valence electrons. The van der Waals surface area contributed by atoms with Crippen LogP contribution >= 0.6 is 0 Å². The van der Waals surface area contributed by atoms with Gasteiger partial charge in [0, 0.05) is 6.61 Å². The molecule has 0 aromatic heterocycles. The number of aliphatic hydroxyl groups is 1. The Bertz CT molecular complexity index is 368. The first kappa shape index (κ1) is 28.2.